The van der Waals surface area contributed by atoms with Gasteiger partial charge in [0.2, 0.25) is 0 Å². The average Bonchev–Trinajstić information content (AvgIpc) is 2.33. The molecule has 2 aliphatic heterocycles. The third-order valence-corrected chi connectivity index (χ3v) is 3.44. The molecule has 2 N–H and O–H groups in total. The molecule has 0 bridgehead atoms. The summed E-state index contributed by atoms with van der Waals surface area (Å²) >= 11 is 5.70. The number of fused-ring (bicyclic) bond motifs is 3. The minimum absolute atomic E-state index is 0.0208. The fourth-order valence-electron chi connectivity index (χ4n) is 2.34. The van der Waals surface area contributed by atoms with Crippen LogP contribution in [0.25, 0.3) is 0 Å². The van der Waals surface area contributed by atoms with E-state index in [4.69, 9.17) is 11.6 Å². The van der Waals surface area contributed by atoms with Crippen molar-refractivity contribution >= 4 is 23.2 Å². The van der Waals surface area contributed by atoms with Gasteiger partial charge >= 0.3 is 0 Å². The number of hydrogen-bond acceptors (Lipinski definition) is 3. The maximum Gasteiger partial charge on any atom is 0.258 e. The number of hydrogen-bond donors (Lipinski definition) is 2. The molecule has 2 heterocycles. The van der Waals surface area contributed by atoms with Crippen LogP contribution < -0.4 is 15.5 Å². The van der Waals surface area contributed by atoms with E-state index in [0.29, 0.717) is 12.2 Å². The zero-order valence-electron chi connectivity index (χ0n) is 8.96. The zero-order chi connectivity index (χ0) is 12.0. The molecule has 17 heavy (non-hydrogen) atoms. The first-order valence-electron chi connectivity index (χ1n) is 5.44. The van der Waals surface area contributed by atoms with Gasteiger partial charge in [0.15, 0.2) is 5.82 Å². The monoisotopic (exact) mass is 255 g/mol. The van der Waals surface area contributed by atoms with Gasteiger partial charge in [-0.1, -0.05) is 11.6 Å². The second kappa shape index (κ2) is 3.85. The molecule has 6 heteroatoms. The van der Waals surface area contributed by atoms with Gasteiger partial charge in [-0.15, -0.1) is 0 Å². The predicted molar refractivity (Wildman–Crippen MR) is 62.9 cm³/mol. The highest BCUT2D eigenvalue weighted by molar-refractivity contribution is 6.31. The van der Waals surface area contributed by atoms with Gasteiger partial charge in [0.25, 0.3) is 5.91 Å². The van der Waals surface area contributed by atoms with Crippen molar-refractivity contribution in [2.75, 3.05) is 24.5 Å². The standard InChI is InChI=1S/C11H11ClFN3O/c12-6-1-2-7-9(10(6)13)11(17)15-8-5-14-3-4-16(7)8/h1-2,8,14H,3-5H2,(H,15,17)/t8-/m0/s1. The first kappa shape index (κ1) is 10.8. The molecule has 1 fully saturated rings. The average molecular weight is 256 g/mol. The van der Waals surface area contributed by atoms with E-state index >= 15 is 0 Å². The largest absolute Gasteiger partial charge is 0.348 e. The van der Waals surface area contributed by atoms with Crippen LogP contribution in [-0.4, -0.2) is 31.7 Å². The van der Waals surface area contributed by atoms with Gasteiger partial charge in [0, 0.05) is 19.6 Å². The first-order valence-corrected chi connectivity index (χ1v) is 5.82. The number of rotatable bonds is 0. The van der Waals surface area contributed by atoms with Gasteiger partial charge in [0.05, 0.1) is 10.7 Å². The molecule has 0 unspecified atom stereocenters. The minimum atomic E-state index is -0.640. The first-order chi connectivity index (χ1) is 8.18. The van der Waals surface area contributed by atoms with E-state index in [-0.39, 0.29) is 16.8 Å². The number of carbonyl (C=O) groups excluding carboxylic acids is 1. The van der Waals surface area contributed by atoms with E-state index < -0.39 is 11.7 Å². The molecule has 1 saturated heterocycles. The maximum absolute atomic E-state index is 13.9. The summed E-state index contributed by atoms with van der Waals surface area (Å²) in [6.07, 6.45) is -0.107. The molecule has 0 spiro atoms. The molecule has 1 amide bonds. The lowest BCUT2D eigenvalue weighted by Crippen LogP contribution is -2.62. The smallest absolute Gasteiger partial charge is 0.258 e. The van der Waals surface area contributed by atoms with Crippen LogP contribution >= 0.6 is 11.6 Å². The second-order valence-electron chi connectivity index (χ2n) is 4.14. The van der Waals surface area contributed by atoms with E-state index in [9.17, 15) is 9.18 Å². The molecule has 1 aromatic rings. The van der Waals surface area contributed by atoms with Crippen molar-refractivity contribution in [2.24, 2.45) is 0 Å². The van der Waals surface area contributed by atoms with Gasteiger partial charge in [-0.25, -0.2) is 4.39 Å². The molecule has 3 rings (SSSR count). The van der Waals surface area contributed by atoms with Crippen molar-refractivity contribution in [3.63, 3.8) is 0 Å². The molecule has 0 saturated carbocycles. The molecule has 4 nitrogen and oxygen atoms in total. The van der Waals surface area contributed by atoms with Crippen molar-refractivity contribution in [1.29, 1.82) is 0 Å². The van der Waals surface area contributed by atoms with Crippen LogP contribution in [-0.2, 0) is 0 Å². The lowest BCUT2D eigenvalue weighted by Gasteiger charge is -2.42. The van der Waals surface area contributed by atoms with Gasteiger partial charge in [-0.2, -0.15) is 0 Å². The Labute approximate surface area is 103 Å². The van der Waals surface area contributed by atoms with Crippen molar-refractivity contribution < 1.29 is 9.18 Å². The number of nitrogens with zero attached hydrogens (tertiary/aromatic N) is 1. The number of amides is 1. The number of nitrogens with one attached hydrogen (secondary N) is 2. The third-order valence-electron chi connectivity index (χ3n) is 3.15. The van der Waals surface area contributed by atoms with Gasteiger partial charge in [-0.3, -0.25) is 4.79 Å². The molecular formula is C11H11ClFN3O. The Hall–Kier alpha value is -1.33. The molecule has 90 valence electrons. The van der Waals surface area contributed by atoms with Crippen molar-refractivity contribution in [3.05, 3.63) is 28.5 Å². The van der Waals surface area contributed by atoms with E-state index in [2.05, 4.69) is 10.6 Å². The predicted octanol–water partition coefficient (Wildman–Crippen LogP) is 0.958. The molecule has 1 atom stereocenters. The lowest BCUT2D eigenvalue weighted by molar-refractivity contribution is 0.0918. The Bertz CT molecular complexity index is 494. The highest BCUT2D eigenvalue weighted by Crippen LogP contribution is 2.32. The molecule has 1 aromatic carbocycles. The number of piperazine rings is 1. The quantitative estimate of drug-likeness (QED) is 0.726. The van der Waals surface area contributed by atoms with Crippen LogP contribution in [0.4, 0.5) is 10.1 Å². The van der Waals surface area contributed by atoms with Crippen LogP contribution in [0.1, 0.15) is 10.4 Å². The summed E-state index contributed by atoms with van der Waals surface area (Å²) in [6.45, 7) is 2.21. The fourth-order valence-corrected chi connectivity index (χ4v) is 2.50. The number of benzene rings is 1. The molecule has 2 aliphatic rings. The van der Waals surface area contributed by atoms with E-state index in [1.54, 1.807) is 6.07 Å². The van der Waals surface area contributed by atoms with Crippen molar-refractivity contribution in [2.45, 2.75) is 6.17 Å². The van der Waals surface area contributed by atoms with Crippen LogP contribution in [0.2, 0.25) is 5.02 Å². The van der Waals surface area contributed by atoms with Gasteiger partial charge in [0.1, 0.15) is 11.7 Å². The maximum atomic E-state index is 13.9. The molecule has 0 aliphatic carbocycles. The summed E-state index contributed by atoms with van der Waals surface area (Å²) in [5.41, 5.74) is 0.679. The Morgan fingerprint density at radius 1 is 1.47 bits per heavy atom. The van der Waals surface area contributed by atoms with Gasteiger partial charge < -0.3 is 15.5 Å². The molecule has 0 aromatic heterocycles. The van der Waals surface area contributed by atoms with Crippen molar-refractivity contribution in [1.82, 2.24) is 10.6 Å². The summed E-state index contributed by atoms with van der Waals surface area (Å²) in [6, 6.07) is 3.20. The summed E-state index contributed by atoms with van der Waals surface area (Å²) < 4.78 is 13.9. The van der Waals surface area contributed by atoms with Gasteiger partial charge in [-0.05, 0) is 12.1 Å². The highest BCUT2D eigenvalue weighted by Gasteiger charge is 2.34. The molecule has 0 radical (unpaired) electrons. The van der Waals surface area contributed by atoms with Crippen LogP contribution in [0.15, 0.2) is 12.1 Å². The lowest BCUT2D eigenvalue weighted by atomic mass is 10.1. The summed E-state index contributed by atoms with van der Waals surface area (Å²) in [7, 11) is 0. The highest BCUT2D eigenvalue weighted by atomic mass is 35.5. The minimum Gasteiger partial charge on any atom is -0.348 e. The SMILES string of the molecule is O=C1N[C@@H]2CNCCN2c2ccc(Cl)c(F)c21. The summed E-state index contributed by atoms with van der Waals surface area (Å²) in [4.78, 5) is 13.8. The second-order valence-corrected chi connectivity index (χ2v) is 4.55. The van der Waals surface area contributed by atoms with E-state index in [1.165, 1.54) is 6.07 Å². The summed E-state index contributed by atoms with van der Waals surface area (Å²) in [5, 5.41) is 5.93. The number of anilines is 1. The Kier molecular flexibility index (Phi) is 2.45. The van der Waals surface area contributed by atoms with Crippen LogP contribution in [0.5, 0.6) is 0 Å². The Morgan fingerprint density at radius 2 is 2.29 bits per heavy atom. The van der Waals surface area contributed by atoms with E-state index in [1.807, 2.05) is 4.90 Å². The third kappa shape index (κ3) is 1.57. The Balaban J connectivity index is 2.14. The van der Waals surface area contributed by atoms with Crippen molar-refractivity contribution in [3.8, 4) is 0 Å². The topological polar surface area (TPSA) is 44.4 Å². The number of halogens is 2. The normalized spacial score (nSPS) is 22.8. The van der Waals surface area contributed by atoms with Crippen LogP contribution in [0.3, 0.4) is 0 Å². The fraction of sp³-hybridized carbons (Fsp3) is 0.364. The van der Waals surface area contributed by atoms with E-state index in [0.717, 1.165) is 13.1 Å². The summed E-state index contributed by atoms with van der Waals surface area (Å²) in [5.74, 6) is -1.04. The Morgan fingerprint density at radius 3 is 3.12 bits per heavy atom. The van der Waals surface area contributed by atoms with Crippen LogP contribution in [0, 0.1) is 5.82 Å². The number of carbonyl (C=O) groups is 1. The zero-order valence-corrected chi connectivity index (χ0v) is 9.72. The molecular weight excluding hydrogens is 245 g/mol.